The van der Waals surface area contributed by atoms with Gasteiger partial charge in [-0.1, -0.05) is 0 Å². The minimum atomic E-state index is -3.76. The smallest absolute Gasteiger partial charge is 0.246 e. The highest BCUT2D eigenvalue weighted by Gasteiger charge is 2.14. The molecule has 0 fully saturated rings. The molecule has 4 N–H and O–H groups in total. The first-order valence-electron chi connectivity index (χ1n) is 7.80. The number of rotatable bonds is 5. The van der Waals surface area contributed by atoms with Gasteiger partial charge in [0, 0.05) is 18.3 Å². The number of fused-ring (bicyclic) bond motifs is 1. The van der Waals surface area contributed by atoms with Crippen molar-refractivity contribution in [2.24, 2.45) is 5.14 Å². The molecular weight excluding hydrogens is 356 g/mol. The summed E-state index contributed by atoms with van der Waals surface area (Å²) in [5, 5.41) is 10.8. The van der Waals surface area contributed by atoms with Gasteiger partial charge in [0.15, 0.2) is 11.5 Å². The van der Waals surface area contributed by atoms with E-state index in [4.69, 9.17) is 9.56 Å². The molecule has 0 radical (unpaired) electrons. The Hall–Kier alpha value is -2.91. The van der Waals surface area contributed by atoms with Gasteiger partial charge < -0.3 is 15.1 Å². The fraction of sp³-hybridized carbons (Fsp3) is 0.176. The maximum atomic E-state index is 12.3. The molecule has 26 heavy (non-hydrogen) atoms. The van der Waals surface area contributed by atoms with Crippen molar-refractivity contribution >= 4 is 38.4 Å². The topological polar surface area (TPSA) is 127 Å². The number of hydrogen-bond acceptors (Lipinski definition) is 6. The fourth-order valence-electron chi connectivity index (χ4n) is 2.43. The van der Waals surface area contributed by atoms with Gasteiger partial charge in [0.25, 0.3) is 0 Å². The molecule has 0 spiro atoms. The SMILES string of the molecule is Cc1nc2cc(NC(C)C(=O)Nc3ccc(S(N)(=O)=O)cc3)ccc2o1. The molecule has 136 valence electrons. The van der Waals surface area contributed by atoms with E-state index in [-0.39, 0.29) is 10.8 Å². The quantitative estimate of drug-likeness (QED) is 0.628. The Morgan fingerprint density at radius 3 is 2.46 bits per heavy atom. The zero-order valence-corrected chi connectivity index (χ0v) is 15.0. The van der Waals surface area contributed by atoms with E-state index in [1.807, 2.05) is 0 Å². The molecule has 0 aliphatic heterocycles. The summed E-state index contributed by atoms with van der Waals surface area (Å²) in [7, 11) is -3.76. The van der Waals surface area contributed by atoms with E-state index in [2.05, 4.69) is 15.6 Å². The fourth-order valence-corrected chi connectivity index (χ4v) is 2.94. The predicted octanol–water partition coefficient (Wildman–Crippen LogP) is 2.22. The highest BCUT2D eigenvalue weighted by Crippen LogP contribution is 2.20. The number of primary sulfonamides is 1. The molecule has 9 heteroatoms. The van der Waals surface area contributed by atoms with Gasteiger partial charge in [-0.2, -0.15) is 0 Å². The number of aryl methyl sites for hydroxylation is 1. The Labute approximate surface area is 150 Å². The van der Waals surface area contributed by atoms with Crippen LogP contribution in [0.2, 0.25) is 0 Å². The Morgan fingerprint density at radius 1 is 1.15 bits per heavy atom. The number of hydrogen-bond donors (Lipinski definition) is 3. The number of benzene rings is 2. The summed E-state index contributed by atoms with van der Waals surface area (Å²) in [6.45, 7) is 3.48. The van der Waals surface area contributed by atoms with Crippen LogP contribution in [0.5, 0.6) is 0 Å². The molecule has 0 bridgehead atoms. The third-order valence-electron chi connectivity index (χ3n) is 3.72. The number of sulfonamides is 1. The van der Waals surface area contributed by atoms with E-state index < -0.39 is 16.1 Å². The molecule has 1 atom stereocenters. The van der Waals surface area contributed by atoms with Gasteiger partial charge in [-0.3, -0.25) is 4.79 Å². The van der Waals surface area contributed by atoms with Crippen LogP contribution in [-0.2, 0) is 14.8 Å². The maximum Gasteiger partial charge on any atom is 0.246 e. The molecule has 1 aromatic heterocycles. The van der Waals surface area contributed by atoms with Crippen molar-refractivity contribution < 1.29 is 17.6 Å². The summed E-state index contributed by atoms with van der Waals surface area (Å²) < 4.78 is 27.9. The van der Waals surface area contributed by atoms with Crippen LogP contribution >= 0.6 is 0 Å². The summed E-state index contributed by atoms with van der Waals surface area (Å²) in [5.41, 5.74) is 2.59. The van der Waals surface area contributed by atoms with Crippen molar-refractivity contribution in [3.8, 4) is 0 Å². The largest absolute Gasteiger partial charge is 0.441 e. The lowest BCUT2D eigenvalue weighted by Gasteiger charge is -2.15. The molecule has 2 aromatic carbocycles. The van der Waals surface area contributed by atoms with Crippen molar-refractivity contribution in [3.05, 3.63) is 48.4 Å². The van der Waals surface area contributed by atoms with E-state index in [0.29, 0.717) is 22.7 Å². The molecule has 1 amide bonds. The van der Waals surface area contributed by atoms with Crippen LogP contribution in [0.4, 0.5) is 11.4 Å². The monoisotopic (exact) mass is 374 g/mol. The lowest BCUT2D eigenvalue weighted by atomic mass is 10.2. The lowest BCUT2D eigenvalue weighted by molar-refractivity contribution is -0.116. The molecule has 3 aromatic rings. The van der Waals surface area contributed by atoms with Crippen LogP contribution < -0.4 is 15.8 Å². The second-order valence-electron chi connectivity index (χ2n) is 5.84. The number of aromatic nitrogens is 1. The van der Waals surface area contributed by atoms with Crippen molar-refractivity contribution in [3.63, 3.8) is 0 Å². The third kappa shape index (κ3) is 4.01. The van der Waals surface area contributed by atoms with E-state index in [0.717, 1.165) is 5.69 Å². The second-order valence-corrected chi connectivity index (χ2v) is 7.40. The number of nitrogens with zero attached hydrogens (tertiary/aromatic N) is 1. The van der Waals surface area contributed by atoms with Crippen molar-refractivity contribution in [1.29, 1.82) is 0 Å². The number of carbonyl (C=O) groups is 1. The average molecular weight is 374 g/mol. The highest BCUT2D eigenvalue weighted by atomic mass is 32.2. The minimum absolute atomic E-state index is 0.0159. The average Bonchev–Trinajstić information content (AvgIpc) is 2.93. The first-order chi connectivity index (χ1) is 12.2. The Balaban J connectivity index is 1.66. The van der Waals surface area contributed by atoms with E-state index in [1.54, 1.807) is 32.0 Å². The standard InChI is InChI=1S/C17H18N4O4S/c1-10(19-13-5-8-16-15(9-13)20-11(2)25-16)17(22)21-12-3-6-14(7-4-12)26(18,23)24/h3-10,19H,1-2H3,(H,21,22)(H2,18,23,24). The van der Waals surface area contributed by atoms with Crippen molar-refractivity contribution in [1.82, 2.24) is 4.98 Å². The first kappa shape index (κ1) is 17.9. The zero-order chi connectivity index (χ0) is 18.9. The summed E-state index contributed by atoms with van der Waals surface area (Å²) in [4.78, 5) is 16.6. The van der Waals surface area contributed by atoms with Crippen LogP contribution in [0.25, 0.3) is 11.1 Å². The lowest BCUT2D eigenvalue weighted by Crippen LogP contribution is -2.31. The highest BCUT2D eigenvalue weighted by molar-refractivity contribution is 7.89. The molecule has 3 rings (SSSR count). The Kier molecular flexibility index (Phi) is 4.66. The first-order valence-corrected chi connectivity index (χ1v) is 9.34. The second kappa shape index (κ2) is 6.77. The summed E-state index contributed by atoms with van der Waals surface area (Å²) >= 11 is 0. The van der Waals surface area contributed by atoms with Gasteiger partial charge >= 0.3 is 0 Å². The normalized spacial score (nSPS) is 12.7. The molecule has 0 saturated heterocycles. The number of nitrogens with one attached hydrogen (secondary N) is 2. The molecular formula is C17H18N4O4S. The van der Waals surface area contributed by atoms with Crippen molar-refractivity contribution in [2.75, 3.05) is 10.6 Å². The van der Waals surface area contributed by atoms with E-state index in [9.17, 15) is 13.2 Å². The summed E-state index contributed by atoms with van der Waals surface area (Å²) in [6.07, 6.45) is 0. The van der Waals surface area contributed by atoms with Gasteiger partial charge in [-0.05, 0) is 49.4 Å². The van der Waals surface area contributed by atoms with Crippen LogP contribution in [0.15, 0.2) is 51.8 Å². The van der Waals surface area contributed by atoms with Crippen LogP contribution in [0.1, 0.15) is 12.8 Å². The number of oxazole rings is 1. The third-order valence-corrected chi connectivity index (χ3v) is 4.65. The molecule has 1 unspecified atom stereocenters. The number of carbonyl (C=O) groups excluding carboxylic acids is 1. The predicted molar refractivity (Wildman–Crippen MR) is 98.3 cm³/mol. The van der Waals surface area contributed by atoms with Gasteiger partial charge in [-0.15, -0.1) is 0 Å². The molecule has 0 aliphatic carbocycles. The van der Waals surface area contributed by atoms with Crippen molar-refractivity contribution in [2.45, 2.75) is 24.8 Å². The van der Waals surface area contributed by atoms with Crippen LogP contribution in [0, 0.1) is 6.92 Å². The Bertz CT molecular complexity index is 1060. The Morgan fingerprint density at radius 2 is 1.81 bits per heavy atom. The number of anilines is 2. The summed E-state index contributed by atoms with van der Waals surface area (Å²) in [5.74, 6) is 0.302. The minimum Gasteiger partial charge on any atom is -0.441 e. The zero-order valence-electron chi connectivity index (χ0n) is 14.2. The van der Waals surface area contributed by atoms with Crippen LogP contribution in [0.3, 0.4) is 0 Å². The van der Waals surface area contributed by atoms with Gasteiger partial charge in [0.05, 0.1) is 4.90 Å². The van der Waals surface area contributed by atoms with Crippen LogP contribution in [-0.4, -0.2) is 25.4 Å². The van der Waals surface area contributed by atoms with Gasteiger partial charge in [0.1, 0.15) is 11.6 Å². The van der Waals surface area contributed by atoms with Gasteiger partial charge in [-0.25, -0.2) is 18.5 Å². The maximum absolute atomic E-state index is 12.3. The molecule has 8 nitrogen and oxygen atoms in total. The number of amides is 1. The van der Waals surface area contributed by atoms with E-state index >= 15 is 0 Å². The molecule has 1 heterocycles. The molecule has 0 saturated carbocycles. The van der Waals surface area contributed by atoms with E-state index in [1.165, 1.54) is 24.3 Å². The molecule has 0 aliphatic rings. The summed E-state index contributed by atoms with van der Waals surface area (Å²) in [6, 6.07) is 10.5. The van der Waals surface area contributed by atoms with Gasteiger partial charge in [0.2, 0.25) is 15.9 Å². The number of nitrogens with two attached hydrogens (primary N) is 1.